The van der Waals surface area contributed by atoms with E-state index in [2.05, 4.69) is 17.0 Å². The van der Waals surface area contributed by atoms with Gasteiger partial charge in [0.15, 0.2) is 0 Å². The third-order valence-electron chi connectivity index (χ3n) is 4.78. The minimum Gasteiger partial charge on any atom is -0.469 e. The van der Waals surface area contributed by atoms with E-state index in [1.807, 2.05) is 56.3 Å². The smallest absolute Gasteiger partial charge is 0.306 e. The molecular formula is C23H31NO3. The number of hydrogen-bond acceptors (Lipinski definition) is 4. The molecule has 1 heterocycles. The normalized spacial score (nSPS) is 14.8. The molecule has 1 saturated heterocycles. The topological polar surface area (TPSA) is 38.8 Å². The van der Waals surface area contributed by atoms with E-state index < -0.39 is 0 Å². The molecule has 3 rings (SSSR count). The van der Waals surface area contributed by atoms with Gasteiger partial charge in [-0.05, 0) is 61.7 Å². The molecule has 0 radical (unpaired) electrons. The van der Waals surface area contributed by atoms with Crippen molar-refractivity contribution in [3.8, 4) is 11.5 Å². The van der Waals surface area contributed by atoms with Crippen LogP contribution in [0.5, 0.6) is 11.5 Å². The van der Waals surface area contributed by atoms with Crippen molar-refractivity contribution < 1.29 is 14.3 Å². The zero-order chi connectivity index (χ0) is 19.5. The van der Waals surface area contributed by atoms with Crippen molar-refractivity contribution in [3.63, 3.8) is 0 Å². The van der Waals surface area contributed by atoms with Crippen LogP contribution in [-0.2, 0) is 9.53 Å². The Balaban J connectivity index is 0.00000126. The van der Waals surface area contributed by atoms with E-state index in [9.17, 15) is 4.79 Å². The molecule has 27 heavy (non-hydrogen) atoms. The maximum atomic E-state index is 11.2. The van der Waals surface area contributed by atoms with Crippen molar-refractivity contribution in [1.82, 2.24) is 4.90 Å². The summed E-state index contributed by atoms with van der Waals surface area (Å²) in [5.74, 6) is 2.18. The maximum Gasteiger partial charge on any atom is 0.306 e. The van der Waals surface area contributed by atoms with Crippen LogP contribution < -0.4 is 4.74 Å². The molecule has 0 amide bonds. The lowest BCUT2D eigenvalue weighted by molar-refractivity contribution is -0.141. The molecule has 1 aliphatic rings. The summed E-state index contributed by atoms with van der Waals surface area (Å²) in [5.41, 5.74) is 1.37. The van der Waals surface area contributed by atoms with Crippen LogP contribution in [0.4, 0.5) is 0 Å². The number of para-hydroxylation sites is 1. The van der Waals surface area contributed by atoms with Gasteiger partial charge >= 0.3 is 5.97 Å². The van der Waals surface area contributed by atoms with E-state index in [4.69, 9.17) is 9.47 Å². The first-order chi connectivity index (χ1) is 13.2. The Morgan fingerprint density at radius 3 is 2.15 bits per heavy atom. The zero-order valence-electron chi connectivity index (χ0n) is 16.7. The second-order valence-electron chi connectivity index (χ2n) is 6.43. The number of rotatable bonds is 6. The van der Waals surface area contributed by atoms with Crippen LogP contribution in [-0.4, -0.2) is 37.6 Å². The number of piperidine rings is 1. The number of ether oxygens (including phenoxy) is 2. The van der Waals surface area contributed by atoms with Crippen molar-refractivity contribution in [2.45, 2.75) is 39.0 Å². The van der Waals surface area contributed by atoms with Gasteiger partial charge in [0, 0.05) is 6.54 Å². The summed E-state index contributed by atoms with van der Waals surface area (Å²) in [6, 6.07) is 18.3. The number of carbonyl (C=O) groups excluding carboxylic acids is 1. The number of hydrogen-bond donors (Lipinski definition) is 0. The predicted molar refractivity (Wildman–Crippen MR) is 109 cm³/mol. The minimum absolute atomic E-state index is 0.129. The van der Waals surface area contributed by atoms with E-state index in [1.165, 1.54) is 12.7 Å². The molecule has 0 spiro atoms. The Kier molecular flexibility index (Phi) is 8.85. The summed E-state index contributed by atoms with van der Waals surface area (Å²) < 4.78 is 10.6. The number of likely N-dealkylation sites (tertiary alicyclic amines) is 1. The first kappa shape index (κ1) is 21.0. The fraction of sp³-hybridized carbons (Fsp3) is 0.435. The summed E-state index contributed by atoms with van der Waals surface area (Å²) in [4.78, 5) is 13.6. The van der Waals surface area contributed by atoms with Crippen molar-refractivity contribution in [3.05, 3.63) is 60.2 Å². The van der Waals surface area contributed by atoms with E-state index in [1.54, 1.807) is 0 Å². The van der Waals surface area contributed by atoms with Crippen LogP contribution in [0.15, 0.2) is 54.6 Å². The highest BCUT2D eigenvalue weighted by atomic mass is 16.5. The molecule has 1 fully saturated rings. The average Bonchev–Trinajstić information content (AvgIpc) is 2.75. The van der Waals surface area contributed by atoms with Gasteiger partial charge in [0.1, 0.15) is 11.5 Å². The largest absolute Gasteiger partial charge is 0.469 e. The van der Waals surface area contributed by atoms with Crippen LogP contribution in [0.3, 0.4) is 0 Å². The van der Waals surface area contributed by atoms with Gasteiger partial charge in [0.2, 0.25) is 0 Å². The second kappa shape index (κ2) is 11.4. The molecule has 0 bridgehead atoms. The lowest BCUT2D eigenvalue weighted by Crippen LogP contribution is -2.34. The molecule has 0 atom stereocenters. The van der Waals surface area contributed by atoms with Gasteiger partial charge in [-0.1, -0.05) is 44.2 Å². The SMILES string of the molecule is CC.COC(=O)CCN1CCC(c2ccc(Oc3ccccc3)cc2)CC1. The fourth-order valence-electron chi connectivity index (χ4n) is 3.27. The van der Waals surface area contributed by atoms with Crippen molar-refractivity contribution in [2.75, 3.05) is 26.7 Å². The molecule has 2 aromatic rings. The van der Waals surface area contributed by atoms with Gasteiger partial charge in [-0.25, -0.2) is 0 Å². The number of nitrogens with zero attached hydrogens (tertiary/aromatic N) is 1. The first-order valence-corrected chi connectivity index (χ1v) is 9.86. The lowest BCUT2D eigenvalue weighted by atomic mass is 9.89. The molecule has 0 N–H and O–H groups in total. The molecule has 0 unspecified atom stereocenters. The van der Waals surface area contributed by atoms with Crippen molar-refractivity contribution in [1.29, 1.82) is 0 Å². The molecule has 146 valence electrons. The highest BCUT2D eigenvalue weighted by Gasteiger charge is 2.21. The Hall–Kier alpha value is -2.33. The van der Waals surface area contributed by atoms with E-state index in [0.717, 1.165) is 44.0 Å². The number of benzene rings is 2. The Morgan fingerprint density at radius 1 is 0.963 bits per heavy atom. The molecular weight excluding hydrogens is 338 g/mol. The third kappa shape index (κ3) is 6.72. The monoisotopic (exact) mass is 369 g/mol. The molecule has 1 aliphatic heterocycles. The summed E-state index contributed by atoms with van der Waals surface area (Å²) in [5, 5.41) is 0. The first-order valence-electron chi connectivity index (χ1n) is 9.86. The Bertz CT molecular complexity index is 662. The molecule has 4 heteroatoms. The fourth-order valence-corrected chi connectivity index (χ4v) is 3.27. The van der Waals surface area contributed by atoms with Gasteiger partial charge < -0.3 is 14.4 Å². The Morgan fingerprint density at radius 2 is 1.56 bits per heavy atom. The van der Waals surface area contributed by atoms with Crippen LogP contribution in [0.2, 0.25) is 0 Å². The zero-order valence-corrected chi connectivity index (χ0v) is 16.7. The average molecular weight is 370 g/mol. The van der Waals surface area contributed by atoms with Crippen molar-refractivity contribution >= 4 is 5.97 Å². The summed E-state index contributed by atoms with van der Waals surface area (Å²) >= 11 is 0. The number of carbonyl (C=O) groups is 1. The van der Waals surface area contributed by atoms with Crippen LogP contribution in [0.1, 0.15) is 44.6 Å². The molecule has 0 aromatic heterocycles. The lowest BCUT2D eigenvalue weighted by Gasteiger charge is -2.32. The number of esters is 1. The van der Waals surface area contributed by atoms with E-state index in [-0.39, 0.29) is 5.97 Å². The van der Waals surface area contributed by atoms with E-state index >= 15 is 0 Å². The third-order valence-corrected chi connectivity index (χ3v) is 4.78. The Labute approximate surface area is 163 Å². The minimum atomic E-state index is -0.129. The molecule has 2 aromatic carbocycles. The van der Waals surface area contributed by atoms with Crippen molar-refractivity contribution in [2.24, 2.45) is 0 Å². The van der Waals surface area contributed by atoms with Gasteiger partial charge in [0.25, 0.3) is 0 Å². The summed E-state index contributed by atoms with van der Waals surface area (Å²) in [6.07, 6.45) is 2.73. The van der Waals surface area contributed by atoms with Gasteiger partial charge in [0.05, 0.1) is 13.5 Å². The predicted octanol–water partition coefficient (Wildman–Crippen LogP) is 5.25. The number of methoxy groups -OCH3 is 1. The van der Waals surface area contributed by atoms with E-state index in [0.29, 0.717) is 12.3 Å². The van der Waals surface area contributed by atoms with Crippen LogP contribution in [0, 0.1) is 0 Å². The quantitative estimate of drug-likeness (QED) is 0.652. The molecule has 0 saturated carbocycles. The summed E-state index contributed by atoms with van der Waals surface area (Å²) in [7, 11) is 1.44. The highest BCUT2D eigenvalue weighted by molar-refractivity contribution is 5.69. The van der Waals surface area contributed by atoms with Gasteiger partial charge in [-0.2, -0.15) is 0 Å². The van der Waals surface area contributed by atoms with Gasteiger partial charge in [-0.3, -0.25) is 4.79 Å². The molecule has 4 nitrogen and oxygen atoms in total. The highest BCUT2D eigenvalue weighted by Crippen LogP contribution is 2.30. The standard InChI is InChI=1S/C21H25NO3.C2H6/c1-24-21(23)13-16-22-14-11-18(12-15-22)17-7-9-20(10-8-17)25-19-5-3-2-4-6-19;1-2/h2-10,18H,11-16H2,1H3;1-2H3. The second-order valence-corrected chi connectivity index (χ2v) is 6.43. The molecule has 0 aliphatic carbocycles. The van der Waals surface area contributed by atoms with Crippen LogP contribution >= 0.6 is 0 Å². The van der Waals surface area contributed by atoms with Crippen LogP contribution in [0.25, 0.3) is 0 Å². The van der Waals surface area contributed by atoms with Gasteiger partial charge in [-0.15, -0.1) is 0 Å². The maximum absolute atomic E-state index is 11.2. The summed E-state index contributed by atoms with van der Waals surface area (Å²) in [6.45, 7) is 6.86.